The van der Waals surface area contributed by atoms with Crippen molar-refractivity contribution in [2.24, 2.45) is 14.1 Å². The maximum absolute atomic E-state index is 5.96. The molecule has 20 heavy (non-hydrogen) atoms. The molecule has 0 aliphatic rings. The monoisotopic (exact) mass is 283 g/mol. The van der Waals surface area contributed by atoms with Gasteiger partial charge in [-0.05, 0) is 24.3 Å². The lowest BCUT2D eigenvalue weighted by Crippen LogP contribution is -2.39. The molecule has 3 rings (SSSR count). The third kappa shape index (κ3) is 2.23. The van der Waals surface area contributed by atoms with Crippen LogP contribution in [-0.2, 0) is 14.1 Å². The first-order valence-electron chi connectivity index (χ1n) is 6.54. The molecular formula is C17H16ClN2+. The average molecular weight is 284 g/mol. The van der Waals surface area contributed by atoms with Gasteiger partial charge in [-0.3, -0.25) is 0 Å². The fourth-order valence-corrected chi connectivity index (χ4v) is 2.54. The highest BCUT2D eigenvalue weighted by molar-refractivity contribution is 6.30. The third-order valence-corrected chi connectivity index (χ3v) is 3.88. The Morgan fingerprint density at radius 2 is 1.55 bits per heavy atom. The van der Waals surface area contributed by atoms with E-state index in [1.54, 1.807) is 0 Å². The van der Waals surface area contributed by atoms with Gasteiger partial charge in [-0.2, -0.15) is 4.68 Å². The molecule has 1 heterocycles. The summed E-state index contributed by atoms with van der Waals surface area (Å²) in [7, 11) is 4.14. The summed E-state index contributed by atoms with van der Waals surface area (Å²) in [6, 6.07) is 20.6. The quantitative estimate of drug-likeness (QED) is 0.632. The standard InChI is InChI=1S/C17H16ClN2/c1-19-16(13-6-4-3-5-7-13)12-17(20(19)2)14-8-10-15(18)11-9-14/h3-12H,1-2H3/q+1. The largest absolute Gasteiger partial charge is 0.238 e. The Morgan fingerprint density at radius 3 is 2.20 bits per heavy atom. The van der Waals surface area contributed by atoms with Gasteiger partial charge in [-0.25, -0.2) is 0 Å². The van der Waals surface area contributed by atoms with Crippen LogP contribution in [-0.4, -0.2) is 4.68 Å². The average Bonchev–Trinajstić information content (AvgIpc) is 2.77. The zero-order chi connectivity index (χ0) is 14.1. The zero-order valence-electron chi connectivity index (χ0n) is 11.5. The van der Waals surface area contributed by atoms with Crippen LogP contribution in [0.2, 0.25) is 5.02 Å². The molecule has 1 aromatic heterocycles. The molecule has 0 bridgehead atoms. The molecule has 0 amide bonds. The number of nitrogens with zero attached hydrogens (tertiary/aromatic N) is 2. The fourth-order valence-electron chi connectivity index (χ4n) is 2.41. The van der Waals surface area contributed by atoms with Gasteiger partial charge in [0.15, 0.2) is 7.05 Å². The van der Waals surface area contributed by atoms with E-state index in [2.05, 4.69) is 53.8 Å². The summed E-state index contributed by atoms with van der Waals surface area (Å²) in [5, 5.41) is 0.760. The number of hydrogen-bond acceptors (Lipinski definition) is 0. The Morgan fingerprint density at radius 1 is 0.900 bits per heavy atom. The molecule has 0 aliphatic carbocycles. The first kappa shape index (κ1) is 12.9. The van der Waals surface area contributed by atoms with Gasteiger partial charge >= 0.3 is 0 Å². The Labute approximate surface area is 123 Å². The molecule has 3 heteroatoms. The molecule has 0 unspecified atom stereocenters. The minimum atomic E-state index is 0.760. The van der Waals surface area contributed by atoms with Crippen molar-refractivity contribution in [3.8, 4) is 22.5 Å². The summed E-state index contributed by atoms with van der Waals surface area (Å²) in [4.78, 5) is 0. The topological polar surface area (TPSA) is 8.81 Å². The molecule has 3 aromatic rings. The summed E-state index contributed by atoms with van der Waals surface area (Å²) in [5.74, 6) is 0. The van der Waals surface area contributed by atoms with Crippen molar-refractivity contribution in [1.82, 2.24) is 4.68 Å². The lowest BCUT2D eigenvalue weighted by atomic mass is 10.1. The predicted octanol–water partition coefficient (Wildman–Crippen LogP) is 3.84. The van der Waals surface area contributed by atoms with E-state index in [1.807, 2.05) is 30.3 Å². The van der Waals surface area contributed by atoms with Crippen molar-refractivity contribution in [3.05, 3.63) is 65.7 Å². The first-order chi connectivity index (χ1) is 9.66. The molecule has 0 radical (unpaired) electrons. The van der Waals surface area contributed by atoms with Gasteiger partial charge in [0.1, 0.15) is 5.69 Å². The molecule has 0 aliphatic heterocycles. The van der Waals surface area contributed by atoms with Crippen LogP contribution in [0, 0.1) is 0 Å². The fraction of sp³-hybridized carbons (Fsp3) is 0.118. The van der Waals surface area contributed by atoms with Crippen LogP contribution in [0.25, 0.3) is 22.5 Å². The van der Waals surface area contributed by atoms with E-state index >= 15 is 0 Å². The number of halogens is 1. The Bertz CT molecular complexity index is 728. The molecule has 0 spiro atoms. The van der Waals surface area contributed by atoms with E-state index in [1.165, 1.54) is 17.0 Å². The Hall–Kier alpha value is -2.06. The second-order valence-corrected chi connectivity index (χ2v) is 5.27. The molecule has 2 nitrogen and oxygen atoms in total. The van der Waals surface area contributed by atoms with Gasteiger partial charge in [0.05, 0.1) is 7.05 Å². The number of benzene rings is 2. The Balaban J connectivity index is 2.13. The van der Waals surface area contributed by atoms with Gasteiger partial charge in [0, 0.05) is 22.2 Å². The summed E-state index contributed by atoms with van der Waals surface area (Å²) < 4.78 is 4.30. The highest BCUT2D eigenvalue weighted by atomic mass is 35.5. The van der Waals surface area contributed by atoms with Gasteiger partial charge in [-0.1, -0.05) is 41.9 Å². The van der Waals surface area contributed by atoms with Gasteiger partial charge < -0.3 is 0 Å². The maximum Gasteiger partial charge on any atom is 0.238 e. The third-order valence-electron chi connectivity index (χ3n) is 3.63. The summed E-state index contributed by atoms with van der Waals surface area (Å²) in [6.07, 6.45) is 0. The number of rotatable bonds is 2. The highest BCUT2D eigenvalue weighted by Gasteiger charge is 2.19. The maximum atomic E-state index is 5.96. The lowest BCUT2D eigenvalue weighted by Gasteiger charge is -2.00. The summed E-state index contributed by atoms with van der Waals surface area (Å²) >= 11 is 5.96. The van der Waals surface area contributed by atoms with Crippen molar-refractivity contribution >= 4 is 11.6 Å². The second kappa shape index (κ2) is 5.14. The SMILES string of the molecule is Cn1c(-c2ccc(Cl)cc2)cc(-c2ccccc2)[n+]1C. The normalized spacial score (nSPS) is 10.8. The van der Waals surface area contributed by atoms with E-state index in [0.717, 1.165) is 10.6 Å². The molecular weight excluding hydrogens is 268 g/mol. The van der Waals surface area contributed by atoms with Crippen LogP contribution >= 0.6 is 11.6 Å². The minimum absolute atomic E-state index is 0.760. The van der Waals surface area contributed by atoms with Crippen molar-refractivity contribution in [3.63, 3.8) is 0 Å². The Kier molecular flexibility index (Phi) is 3.33. The van der Waals surface area contributed by atoms with Crippen LogP contribution in [0.15, 0.2) is 60.7 Å². The van der Waals surface area contributed by atoms with Gasteiger partial charge in [0.2, 0.25) is 5.69 Å². The second-order valence-electron chi connectivity index (χ2n) is 4.83. The predicted molar refractivity (Wildman–Crippen MR) is 82.5 cm³/mol. The van der Waals surface area contributed by atoms with Crippen LogP contribution in [0.4, 0.5) is 0 Å². The van der Waals surface area contributed by atoms with E-state index in [4.69, 9.17) is 11.6 Å². The van der Waals surface area contributed by atoms with Crippen molar-refractivity contribution in [2.45, 2.75) is 0 Å². The van der Waals surface area contributed by atoms with Gasteiger partial charge in [0.25, 0.3) is 0 Å². The smallest absolute Gasteiger partial charge is 0.156 e. The van der Waals surface area contributed by atoms with Crippen molar-refractivity contribution < 1.29 is 4.68 Å². The summed E-state index contributed by atoms with van der Waals surface area (Å²) in [5.41, 5.74) is 4.74. The molecule has 0 saturated heterocycles. The van der Waals surface area contributed by atoms with E-state index in [0.29, 0.717) is 0 Å². The van der Waals surface area contributed by atoms with E-state index < -0.39 is 0 Å². The number of hydrogen-bond donors (Lipinski definition) is 0. The van der Waals surface area contributed by atoms with Crippen LogP contribution in [0.3, 0.4) is 0 Å². The number of aromatic nitrogens is 2. The van der Waals surface area contributed by atoms with Gasteiger partial charge in [-0.15, -0.1) is 4.68 Å². The molecule has 2 aromatic carbocycles. The van der Waals surface area contributed by atoms with Crippen molar-refractivity contribution in [2.75, 3.05) is 0 Å². The van der Waals surface area contributed by atoms with Crippen molar-refractivity contribution in [1.29, 1.82) is 0 Å². The van der Waals surface area contributed by atoms with Crippen LogP contribution in [0.1, 0.15) is 0 Å². The van der Waals surface area contributed by atoms with E-state index in [-0.39, 0.29) is 0 Å². The van der Waals surface area contributed by atoms with E-state index in [9.17, 15) is 0 Å². The van der Waals surface area contributed by atoms with Crippen LogP contribution < -0.4 is 4.68 Å². The first-order valence-corrected chi connectivity index (χ1v) is 6.92. The highest BCUT2D eigenvalue weighted by Crippen LogP contribution is 2.25. The molecule has 0 fully saturated rings. The molecule has 0 N–H and O–H groups in total. The molecule has 0 saturated carbocycles. The van der Waals surface area contributed by atoms with Crippen LogP contribution in [0.5, 0.6) is 0 Å². The lowest BCUT2D eigenvalue weighted by molar-refractivity contribution is -0.740. The summed E-state index contributed by atoms with van der Waals surface area (Å²) in [6.45, 7) is 0. The molecule has 100 valence electrons. The minimum Gasteiger partial charge on any atom is -0.156 e. The zero-order valence-corrected chi connectivity index (χ0v) is 12.3. The molecule has 0 atom stereocenters.